The Morgan fingerprint density at radius 3 is 2.30 bits per heavy atom. The summed E-state index contributed by atoms with van der Waals surface area (Å²) in [5.41, 5.74) is 2.17. The van der Waals surface area contributed by atoms with Crippen LogP contribution in [0.1, 0.15) is 21.5 Å². The van der Waals surface area contributed by atoms with Gasteiger partial charge in [-0.2, -0.15) is 13.2 Å². The van der Waals surface area contributed by atoms with E-state index in [9.17, 15) is 18.0 Å². The highest BCUT2D eigenvalue weighted by Gasteiger charge is 2.31. The third kappa shape index (κ3) is 4.01. The average molecular weight is 370 g/mol. The summed E-state index contributed by atoms with van der Waals surface area (Å²) in [6, 6.07) is 19.0. The van der Waals surface area contributed by atoms with E-state index in [2.05, 4.69) is 0 Å². The number of nitrogens with zero attached hydrogens (tertiary/aromatic N) is 1. The van der Waals surface area contributed by atoms with Crippen molar-refractivity contribution in [2.24, 2.45) is 5.84 Å². The second-order valence-corrected chi connectivity index (χ2v) is 6.12. The molecule has 0 spiro atoms. The van der Waals surface area contributed by atoms with Gasteiger partial charge in [-0.1, -0.05) is 42.5 Å². The van der Waals surface area contributed by atoms with Gasteiger partial charge in [0.15, 0.2) is 0 Å². The molecule has 0 saturated heterocycles. The number of nitrogens with two attached hydrogens (primary N) is 1. The number of rotatable bonds is 3. The van der Waals surface area contributed by atoms with Gasteiger partial charge in [0.25, 0.3) is 5.91 Å². The lowest BCUT2D eigenvalue weighted by atomic mass is 9.98. The molecular formula is C21H17F3N2O. The highest BCUT2D eigenvalue weighted by atomic mass is 19.4. The van der Waals surface area contributed by atoms with Crippen molar-refractivity contribution in [3.05, 3.63) is 89.5 Å². The number of carbonyl (C=O) groups is 1. The van der Waals surface area contributed by atoms with Crippen molar-refractivity contribution >= 4 is 11.6 Å². The number of aryl methyl sites for hydroxylation is 1. The van der Waals surface area contributed by atoms with Gasteiger partial charge in [-0.05, 0) is 53.9 Å². The lowest BCUT2D eigenvalue weighted by molar-refractivity contribution is -0.137. The summed E-state index contributed by atoms with van der Waals surface area (Å²) in [4.78, 5) is 12.7. The molecule has 0 fully saturated rings. The maximum atomic E-state index is 12.9. The summed E-state index contributed by atoms with van der Waals surface area (Å²) in [6.07, 6.45) is -4.51. The molecule has 0 aliphatic heterocycles. The second kappa shape index (κ2) is 7.25. The van der Waals surface area contributed by atoms with Gasteiger partial charge >= 0.3 is 6.18 Å². The number of alkyl halides is 3. The van der Waals surface area contributed by atoms with Crippen LogP contribution >= 0.6 is 0 Å². The third-order valence-electron chi connectivity index (χ3n) is 4.24. The molecular weight excluding hydrogens is 353 g/mol. The maximum absolute atomic E-state index is 12.9. The number of carbonyl (C=O) groups excluding carboxylic acids is 1. The van der Waals surface area contributed by atoms with Gasteiger partial charge in [-0.3, -0.25) is 4.79 Å². The Balaban J connectivity index is 1.95. The van der Waals surface area contributed by atoms with Gasteiger partial charge in [0.05, 0.1) is 11.3 Å². The Morgan fingerprint density at radius 2 is 1.63 bits per heavy atom. The van der Waals surface area contributed by atoms with Crippen LogP contribution < -0.4 is 10.9 Å². The topological polar surface area (TPSA) is 46.3 Å². The summed E-state index contributed by atoms with van der Waals surface area (Å²) in [6.45, 7) is 1.92. The summed E-state index contributed by atoms with van der Waals surface area (Å²) in [5, 5.41) is 0.731. The quantitative estimate of drug-likeness (QED) is 0.391. The number of halogens is 3. The maximum Gasteiger partial charge on any atom is 0.416 e. The molecule has 0 heterocycles. The normalized spacial score (nSPS) is 11.3. The minimum absolute atomic E-state index is 0.0309. The Bertz CT molecular complexity index is 969. The van der Waals surface area contributed by atoms with E-state index in [1.165, 1.54) is 12.1 Å². The van der Waals surface area contributed by atoms with Crippen molar-refractivity contribution in [1.29, 1.82) is 0 Å². The van der Waals surface area contributed by atoms with Crippen LogP contribution in [0.25, 0.3) is 11.1 Å². The molecule has 2 N–H and O–H groups in total. The molecule has 3 rings (SSSR count). The molecule has 0 atom stereocenters. The number of hydrogen-bond donors (Lipinski definition) is 1. The lowest BCUT2D eigenvalue weighted by Gasteiger charge is -2.19. The first-order chi connectivity index (χ1) is 12.8. The number of hydrogen-bond acceptors (Lipinski definition) is 2. The molecule has 3 aromatic rings. The first kappa shape index (κ1) is 18.7. The van der Waals surface area contributed by atoms with E-state index in [0.29, 0.717) is 5.56 Å². The van der Waals surface area contributed by atoms with E-state index < -0.39 is 17.6 Å². The molecule has 0 unspecified atom stereocenters. The van der Waals surface area contributed by atoms with Crippen LogP contribution in [0.5, 0.6) is 0 Å². The molecule has 6 heteroatoms. The molecule has 27 heavy (non-hydrogen) atoms. The van der Waals surface area contributed by atoms with Crippen molar-refractivity contribution in [3.63, 3.8) is 0 Å². The molecule has 3 nitrogen and oxygen atoms in total. The molecule has 0 bridgehead atoms. The van der Waals surface area contributed by atoms with E-state index in [4.69, 9.17) is 5.84 Å². The monoisotopic (exact) mass is 370 g/mol. The summed E-state index contributed by atoms with van der Waals surface area (Å²) < 4.78 is 38.7. The predicted octanol–water partition coefficient (Wildman–Crippen LogP) is 5.20. The van der Waals surface area contributed by atoms with Gasteiger partial charge in [-0.15, -0.1) is 0 Å². The summed E-state index contributed by atoms with van der Waals surface area (Å²) >= 11 is 0. The fraction of sp³-hybridized carbons (Fsp3) is 0.0952. The van der Waals surface area contributed by atoms with Crippen LogP contribution in [0.2, 0.25) is 0 Å². The molecule has 0 radical (unpaired) electrons. The standard InChI is InChI=1S/C21H17F3N2O/c1-14-10-11-16(12-19(14)15-6-3-2-4-7-15)20(27)26(25)18-9-5-8-17(13-18)21(22,23)24/h2-13H,25H2,1H3. The Morgan fingerprint density at radius 1 is 0.926 bits per heavy atom. The van der Waals surface area contributed by atoms with Crippen molar-refractivity contribution in [3.8, 4) is 11.1 Å². The molecule has 138 valence electrons. The Labute approximate surface area is 154 Å². The zero-order valence-corrected chi connectivity index (χ0v) is 14.5. The van der Waals surface area contributed by atoms with E-state index in [0.717, 1.165) is 33.8 Å². The zero-order chi connectivity index (χ0) is 19.6. The van der Waals surface area contributed by atoms with E-state index in [1.807, 2.05) is 37.3 Å². The van der Waals surface area contributed by atoms with E-state index in [1.54, 1.807) is 18.2 Å². The third-order valence-corrected chi connectivity index (χ3v) is 4.24. The largest absolute Gasteiger partial charge is 0.416 e. The molecule has 3 aromatic carbocycles. The first-order valence-electron chi connectivity index (χ1n) is 8.20. The van der Waals surface area contributed by atoms with Gasteiger partial charge < -0.3 is 0 Å². The molecule has 0 saturated carbocycles. The van der Waals surface area contributed by atoms with Crippen LogP contribution in [0, 0.1) is 6.92 Å². The van der Waals surface area contributed by atoms with Crippen LogP contribution in [0.15, 0.2) is 72.8 Å². The van der Waals surface area contributed by atoms with Gasteiger partial charge in [0.2, 0.25) is 0 Å². The summed E-state index contributed by atoms with van der Waals surface area (Å²) in [5.74, 6) is 5.23. The number of hydrazine groups is 1. The SMILES string of the molecule is Cc1ccc(C(=O)N(N)c2cccc(C(F)(F)F)c2)cc1-c1ccccc1. The Hall–Kier alpha value is -3.12. The van der Waals surface area contributed by atoms with Crippen molar-refractivity contribution < 1.29 is 18.0 Å². The van der Waals surface area contributed by atoms with Crippen molar-refractivity contribution in [1.82, 2.24) is 0 Å². The number of anilines is 1. The highest BCUT2D eigenvalue weighted by Crippen LogP contribution is 2.31. The van der Waals surface area contributed by atoms with Gasteiger partial charge in [0.1, 0.15) is 0 Å². The van der Waals surface area contributed by atoms with Gasteiger partial charge in [-0.25, -0.2) is 10.9 Å². The smallest absolute Gasteiger partial charge is 0.267 e. The van der Waals surface area contributed by atoms with Crippen molar-refractivity contribution in [2.45, 2.75) is 13.1 Å². The van der Waals surface area contributed by atoms with Crippen molar-refractivity contribution in [2.75, 3.05) is 5.01 Å². The fourth-order valence-electron chi connectivity index (χ4n) is 2.77. The van der Waals surface area contributed by atoms with E-state index >= 15 is 0 Å². The van der Waals surface area contributed by atoms with E-state index in [-0.39, 0.29) is 5.69 Å². The van der Waals surface area contributed by atoms with Crippen LogP contribution in [-0.4, -0.2) is 5.91 Å². The Kier molecular flexibility index (Phi) is 5.01. The first-order valence-corrected chi connectivity index (χ1v) is 8.20. The molecule has 0 aromatic heterocycles. The fourth-order valence-corrected chi connectivity index (χ4v) is 2.77. The van der Waals surface area contributed by atoms with Gasteiger partial charge in [0, 0.05) is 5.56 Å². The molecule has 1 amide bonds. The molecule has 0 aliphatic rings. The average Bonchev–Trinajstić information content (AvgIpc) is 2.67. The van der Waals surface area contributed by atoms with Crippen LogP contribution in [0.3, 0.4) is 0 Å². The minimum Gasteiger partial charge on any atom is -0.267 e. The van der Waals surface area contributed by atoms with Crippen LogP contribution in [-0.2, 0) is 6.18 Å². The lowest BCUT2D eigenvalue weighted by Crippen LogP contribution is -2.37. The zero-order valence-electron chi connectivity index (χ0n) is 14.5. The summed E-state index contributed by atoms with van der Waals surface area (Å²) in [7, 11) is 0. The van der Waals surface area contributed by atoms with Crippen LogP contribution in [0.4, 0.5) is 18.9 Å². The highest BCUT2D eigenvalue weighted by molar-refractivity contribution is 6.06. The minimum atomic E-state index is -4.51. The molecule has 0 aliphatic carbocycles. The number of amides is 1. The second-order valence-electron chi connectivity index (χ2n) is 6.12. The number of benzene rings is 3. The predicted molar refractivity (Wildman–Crippen MR) is 99.1 cm³/mol.